The Labute approximate surface area is 127 Å². The molecule has 5 heteroatoms. The van der Waals surface area contributed by atoms with Gasteiger partial charge in [0.15, 0.2) is 17.5 Å². The van der Waals surface area contributed by atoms with Crippen molar-refractivity contribution in [3.8, 4) is 0 Å². The largest absolute Gasteiger partial charge is 0.399 e. The summed E-state index contributed by atoms with van der Waals surface area (Å²) >= 11 is 0. The molecule has 0 radical (unpaired) electrons. The van der Waals surface area contributed by atoms with Crippen molar-refractivity contribution in [1.82, 2.24) is 0 Å². The molecule has 2 bridgehead atoms. The number of hydrogen-bond donors (Lipinski definition) is 2. The van der Waals surface area contributed by atoms with Gasteiger partial charge in [0.1, 0.15) is 0 Å². The number of nitrogen functional groups attached to an aromatic ring is 1. The van der Waals surface area contributed by atoms with Gasteiger partial charge in [0, 0.05) is 23.2 Å². The minimum atomic E-state index is -1.15. The van der Waals surface area contributed by atoms with Crippen molar-refractivity contribution in [2.24, 2.45) is 29.6 Å². The van der Waals surface area contributed by atoms with Gasteiger partial charge in [0.05, 0.1) is 0 Å². The maximum absolute atomic E-state index is 12.5. The zero-order valence-corrected chi connectivity index (χ0v) is 11.9. The van der Waals surface area contributed by atoms with Crippen molar-refractivity contribution in [3.63, 3.8) is 0 Å². The van der Waals surface area contributed by atoms with Gasteiger partial charge >= 0.3 is 0 Å². The standard InChI is InChI=1S/C17H16N2O3/c18-10-3-5-11(6-4-10)19-17(22)14-15(20)12-8-1-2-9(7-8)13(12)16(14)21/h1-6,8-9,12-14H,7,18H2,(H,19,22). The molecule has 4 rings (SSSR count). The van der Waals surface area contributed by atoms with Crippen LogP contribution < -0.4 is 11.1 Å². The van der Waals surface area contributed by atoms with E-state index < -0.39 is 11.8 Å². The van der Waals surface area contributed by atoms with Crippen molar-refractivity contribution in [2.75, 3.05) is 11.1 Å². The molecule has 3 aliphatic carbocycles. The van der Waals surface area contributed by atoms with Gasteiger partial charge in [-0.15, -0.1) is 0 Å². The lowest BCUT2D eigenvalue weighted by Crippen LogP contribution is -2.33. The number of ketones is 2. The summed E-state index contributed by atoms with van der Waals surface area (Å²) in [6, 6.07) is 6.63. The van der Waals surface area contributed by atoms with Crippen molar-refractivity contribution < 1.29 is 14.4 Å². The van der Waals surface area contributed by atoms with Gasteiger partial charge in [-0.3, -0.25) is 14.4 Å². The molecule has 0 aliphatic heterocycles. The average Bonchev–Trinajstić information content (AvgIpc) is 3.15. The number of rotatable bonds is 2. The first kappa shape index (κ1) is 13.2. The van der Waals surface area contributed by atoms with E-state index in [9.17, 15) is 14.4 Å². The van der Waals surface area contributed by atoms with Gasteiger partial charge in [-0.1, -0.05) is 12.2 Å². The number of anilines is 2. The third-order valence-corrected chi connectivity index (χ3v) is 5.13. The van der Waals surface area contributed by atoms with Crippen molar-refractivity contribution >= 4 is 28.8 Å². The zero-order chi connectivity index (χ0) is 15.4. The molecule has 2 fully saturated rings. The molecule has 22 heavy (non-hydrogen) atoms. The van der Waals surface area contributed by atoms with Crippen molar-refractivity contribution in [3.05, 3.63) is 36.4 Å². The fraction of sp³-hybridized carbons (Fsp3) is 0.353. The third-order valence-electron chi connectivity index (χ3n) is 5.13. The summed E-state index contributed by atoms with van der Waals surface area (Å²) in [5.74, 6) is -2.39. The topological polar surface area (TPSA) is 89.3 Å². The smallest absolute Gasteiger partial charge is 0.242 e. The summed E-state index contributed by atoms with van der Waals surface area (Å²) in [6.07, 6.45) is 4.92. The summed E-state index contributed by atoms with van der Waals surface area (Å²) in [7, 11) is 0. The van der Waals surface area contributed by atoms with Crippen LogP contribution in [0, 0.1) is 29.6 Å². The lowest BCUT2D eigenvalue weighted by Gasteiger charge is -2.16. The molecule has 4 atom stereocenters. The van der Waals surface area contributed by atoms with Gasteiger partial charge < -0.3 is 11.1 Å². The highest BCUT2D eigenvalue weighted by Gasteiger charge is 2.61. The van der Waals surface area contributed by atoms with Crippen LogP contribution in [0.2, 0.25) is 0 Å². The Morgan fingerprint density at radius 1 is 1.00 bits per heavy atom. The van der Waals surface area contributed by atoms with E-state index in [4.69, 9.17) is 5.73 Å². The summed E-state index contributed by atoms with van der Waals surface area (Å²) in [6.45, 7) is 0. The summed E-state index contributed by atoms with van der Waals surface area (Å²) in [5.41, 5.74) is 6.72. The lowest BCUT2D eigenvalue weighted by atomic mass is 9.85. The molecular formula is C17H16N2O3. The Morgan fingerprint density at radius 3 is 2.09 bits per heavy atom. The number of nitrogens with one attached hydrogen (secondary N) is 1. The Kier molecular flexibility index (Phi) is 2.73. The highest BCUT2D eigenvalue weighted by molar-refractivity contribution is 6.27. The monoisotopic (exact) mass is 296 g/mol. The molecule has 0 heterocycles. The maximum atomic E-state index is 12.5. The van der Waals surface area contributed by atoms with E-state index >= 15 is 0 Å². The minimum absolute atomic E-state index is 0.140. The van der Waals surface area contributed by atoms with Crippen LogP contribution in [0.15, 0.2) is 36.4 Å². The first-order valence-electron chi connectivity index (χ1n) is 7.48. The highest BCUT2D eigenvalue weighted by atomic mass is 16.2. The molecule has 1 amide bonds. The fourth-order valence-corrected chi connectivity index (χ4v) is 4.16. The first-order valence-corrected chi connectivity index (χ1v) is 7.48. The van der Waals surface area contributed by atoms with Crippen LogP contribution in [-0.2, 0) is 14.4 Å². The summed E-state index contributed by atoms with van der Waals surface area (Å²) in [5, 5.41) is 2.65. The molecule has 0 aromatic heterocycles. The Hall–Kier alpha value is -2.43. The predicted octanol–water partition coefficient (Wildman–Crippen LogP) is 1.41. The number of benzene rings is 1. The first-order chi connectivity index (χ1) is 10.6. The normalized spacial score (nSPS) is 35.0. The zero-order valence-electron chi connectivity index (χ0n) is 11.9. The Morgan fingerprint density at radius 2 is 1.55 bits per heavy atom. The van der Waals surface area contributed by atoms with E-state index in [1.165, 1.54) is 0 Å². The summed E-state index contributed by atoms with van der Waals surface area (Å²) < 4.78 is 0. The molecule has 1 aromatic rings. The van der Waals surface area contributed by atoms with Crippen LogP contribution in [0.25, 0.3) is 0 Å². The van der Waals surface area contributed by atoms with Crippen LogP contribution >= 0.6 is 0 Å². The molecule has 3 N–H and O–H groups in total. The van der Waals surface area contributed by atoms with Crippen LogP contribution in [0.1, 0.15) is 6.42 Å². The van der Waals surface area contributed by atoms with Gasteiger partial charge in [0.25, 0.3) is 0 Å². The molecule has 0 spiro atoms. The van der Waals surface area contributed by atoms with Crippen LogP contribution in [0.3, 0.4) is 0 Å². The quantitative estimate of drug-likeness (QED) is 0.490. The SMILES string of the molecule is Nc1ccc(NC(=O)C2C(=O)C3C4C=CC(C4)C3C2=O)cc1. The summed E-state index contributed by atoms with van der Waals surface area (Å²) in [4.78, 5) is 37.5. The van der Waals surface area contributed by atoms with Crippen LogP contribution in [0.4, 0.5) is 11.4 Å². The Balaban J connectivity index is 1.56. The van der Waals surface area contributed by atoms with E-state index in [0.29, 0.717) is 11.4 Å². The maximum Gasteiger partial charge on any atom is 0.242 e. The Bertz CT molecular complexity index is 677. The second-order valence-electron chi connectivity index (χ2n) is 6.35. The fourth-order valence-electron chi connectivity index (χ4n) is 4.16. The molecule has 2 saturated carbocycles. The number of carbonyl (C=O) groups is 3. The van der Waals surface area contributed by atoms with E-state index in [1.54, 1.807) is 24.3 Å². The van der Waals surface area contributed by atoms with Crippen molar-refractivity contribution in [1.29, 1.82) is 0 Å². The number of allylic oxidation sites excluding steroid dienone is 2. The van der Waals surface area contributed by atoms with Gasteiger partial charge in [-0.05, 0) is 42.5 Å². The van der Waals surface area contributed by atoms with E-state index in [2.05, 4.69) is 5.32 Å². The molecule has 4 unspecified atom stereocenters. The van der Waals surface area contributed by atoms with E-state index in [0.717, 1.165) is 6.42 Å². The number of amides is 1. The highest BCUT2D eigenvalue weighted by Crippen LogP contribution is 2.53. The number of Topliss-reactive ketones (excluding diaryl/α,β-unsaturated/α-hetero) is 2. The molecular weight excluding hydrogens is 280 g/mol. The van der Waals surface area contributed by atoms with E-state index in [1.807, 2.05) is 12.2 Å². The van der Waals surface area contributed by atoms with Crippen molar-refractivity contribution in [2.45, 2.75) is 6.42 Å². The number of nitrogens with two attached hydrogens (primary N) is 1. The molecule has 3 aliphatic rings. The number of carbonyl (C=O) groups excluding carboxylic acids is 3. The average molecular weight is 296 g/mol. The van der Waals surface area contributed by atoms with E-state index in [-0.39, 0.29) is 35.2 Å². The van der Waals surface area contributed by atoms with Gasteiger partial charge in [0.2, 0.25) is 5.91 Å². The number of fused-ring (bicyclic) bond motifs is 5. The van der Waals surface area contributed by atoms with Gasteiger partial charge in [-0.25, -0.2) is 0 Å². The predicted molar refractivity (Wildman–Crippen MR) is 80.7 cm³/mol. The van der Waals surface area contributed by atoms with Crippen LogP contribution in [0.5, 0.6) is 0 Å². The third kappa shape index (κ3) is 1.75. The molecule has 1 aromatic carbocycles. The minimum Gasteiger partial charge on any atom is -0.399 e. The molecule has 112 valence electrons. The second-order valence-corrected chi connectivity index (χ2v) is 6.35. The lowest BCUT2D eigenvalue weighted by molar-refractivity contribution is -0.136. The van der Waals surface area contributed by atoms with Crippen LogP contribution in [-0.4, -0.2) is 17.5 Å². The molecule has 0 saturated heterocycles. The molecule has 5 nitrogen and oxygen atoms in total. The number of hydrogen-bond acceptors (Lipinski definition) is 4. The van der Waals surface area contributed by atoms with Gasteiger partial charge in [-0.2, -0.15) is 0 Å². The second kappa shape index (κ2) is 4.53.